The Morgan fingerprint density at radius 1 is 1.15 bits per heavy atom. The van der Waals surface area contributed by atoms with Crippen molar-refractivity contribution in [2.24, 2.45) is 7.05 Å². The highest BCUT2D eigenvalue weighted by Gasteiger charge is 2.29. The van der Waals surface area contributed by atoms with Crippen LogP contribution in [0, 0.1) is 0 Å². The summed E-state index contributed by atoms with van der Waals surface area (Å²) in [7, 11) is 2.07. The number of rotatable bonds is 2. The van der Waals surface area contributed by atoms with E-state index >= 15 is 0 Å². The predicted molar refractivity (Wildman–Crippen MR) is 107 cm³/mol. The first-order chi connectivity index (χ1) is 13.2. The van der Waals surface area contributed by atoms with Crippen molar-refractivity contribution in [3.05, 3.63) is 66.1 Å². The standard InChI is InChI=1S/C22H22N4O/c1-25-20-11-5-4-10-18(20)24-21(25)16-8-6-12-26(14-16)22(27)19-13-15-7-2-3-9-17(15)23-19/h2-5,7,9-11,13,16,23H,6,8,12,14H2,1H3. The van der Waals surface area contributed by atoms with Crippen LogP contribution < -0.4 is 0 Å². The second-order valence-electron chi connectivity index (χ2n) is 7.38. The minimum absolute atomic E-state index is 0.0784. The minimum atomic E-state index is 0.0784. The summed E-state index contributed by atoms with van der Waals surface area (Å²) >= 11 is 0. The molecule has 2 aromatic heterocycles. The molecule has 1 aliphatic heterocycles. The Hall–Kier alpha value is -3.08. The lowest BCUT2D eigenvalue weighted by Crippen LogP contribution is -2.39. The number of benzene rings is 2. The van der Waals surface area contributed by atoms with Crippen LogP contribution in [-0.2, 0) is 7.05 Å². The zero-order chi connectivity index (χ0) is 18.4. The molecule has 2 aromatic carbocycles. The van der Waals surface area contributed by atoms with E-state index in [1.54, 1.807) is 0 Å². The van der Waals surface area contributed by atoms with Crippen LogP contribution in [0.4, 0.5) is 0 Å². The maximum Gasteiger partial charge on any atom is 0.270 e. The number of para-hydroxylation sites is 3. The quantitative estimate of drug-likeness (QED) is 0.587. The summed E-state index contributed by atoms with van der Waals surface area (Å²) in [6, 6.07) is 18.2. The molecule has 1 aliphatic rings. The molecular formula is C22H22N4O. The fourth-order valence-electron chi connectivity index (χ4n) is 4.26. The van der Waals surface area contributed by atoms with Gasteiger partial charge in [0.2, 0.25) is 0 Å². The van der Waals surface area contributed by atoms with E-state index in [9.17, 15) is 4.79 Å². The summed E-state index contributed by atoms with van der Waals surface area (Å²) in [4.78, 5) is 23.2. The number of carbonyl (C=O) groups is 1. The zero-order valence-corrected chi connectivity index (χ0v) is 15.4. The highest BCUT2D eigenvalue weighted by atomic mass is 16.2. The van der Waals surface area contributed by atoms with Gasteiger partial charge in [0.1, 0.15) is 11.5 Å². The Kier molecular flexibility index (Phi) is 3.74. The Balaban J connectivity index is 1.43. The third-order valence-corrected chi connectivity index (χ3v) is 5.66. The maximum absolute atomic E-state index is 13.1. The molecule has 1 amide bonds. The fourth-order valence-corrected chi connectivity index (χ4v) is 4.26. The van der Waals surface area contributed by atoms with Gasteiger partial charge >= 0.3 is 0 Å². The Bertz CT molecular complexity index is 1110. The summed E-state index contributed by atoms with van der Waals surface area (Å²) in [5.74, 6) is 1.42. The summed E-state index contributed by atoms with van der Waals surface area (Å²) < 4.78 is 2.18. The first-order valence-electron chi connectivity index (χ1n) is 9.49. The Morgan fingerprint density at radius 3 is 2.81 bits per heavy atom. The molecule has 1 unspecified atom stereocenters. The van der Waals surface area contributed by atoms with E-state index in [1.165, 1.54) is 0 Å². The second-order valence-corrected chi connectivity index (χ2v) is 7.38. The van der Waals surface area contributed by atoms with Gasteiger partial charge in [-0.15, -0.1) is 0 Å². The molecule has 0 spiro atoms. The van der Waals surface area contributed by atoms with Gasteiger partial charge in [-0.2, -0.15) is 0 Å². The van der Waals surface area contributed by atoms with Gasteiger partial charge < -0.3 is 14.5 Å². The number of aromatic nitrogens is 3. The van der Waals surface area contributed by atoms with Gasteiger partial charge in [-0.05, 0) is 37.1 Å². The Labute approximate surface area is 157 Å². The van der Waals surface area contributed by atoms with Crippen molar-refractivity contribution in [3.8, 4) is 0 Å². The number of imidazole rings is 1. The van der Waals surface area contributed by atoms with Crippen LogP contribution in [0.25, 0.3) is 21.9 Å². The topological polar surface area (TPSA) is 53.9 Å². The second kappa shape index (κ2) is 6.27. The molecule has 3 heterocycles. The van der Waals surface area contributed by atoms with E-state index in [0.717, 1.165) is 47.1 Å². The van der Waals surface area contributed by atoms with Crippen molar-refractivity contribution in [1.29, 1.82) is 0 Å². The number of H-pyrrole nitrogens is 1. The number of carbonyl (C=O) groups excluding carboxylic acids is 1. The highest BCUT2D eigenvalue weighted by molar-refractivity contribution is 5.98. The van der Waals surface area contributed by atoms with E-state index in [-0.39, 0.29) is 11.8 Å². The number of fused-ring (bicyclic) bond motifs is 2. The first kappa shape index (κ1) is 16.1. The van der Waals surface area contributed by atoms with Crippen LogP contribution in [0.1, 0.15) is 35.1 Å². The lowest BCUT2D eigenvalue weighted by molar-refractivity contribution is 0.0699. The average Bonchev–Trinajstić information content (AvgIpc) is 3.29. The number of hydrogen-bond acceptors (Lipinski definition) is 2. The highest BCUT2D eigenvalue weighted by Crippen LogP contribution is 2.29. The summed E-state index contributed by atoms with van der Waals surface area (Å²) in [5.41, 5.74) is 3.84. The van der Waals surface area contributed by atoms with Crippen molar-refractivity contribution in [3.63, 3.8) is 0 Å². The van der Waals surface area contributed by atoms with Gasteiger partial charge in [-0.1, -0.05) is 30.3 Å². The molecule has 0 bridgehead atoms. The molecule has 0 aliphatic carbocycles. The van der Waals surface area contributed by atoms with E-state index in [4.69, 9.17) is 4.98 Å². The third kappa shape index (κ3) is 2.70. The summed E-state index contributed by atoms with van der Waals surface area (Å²) in [6.07, 6.45) is 2.06. The monoisotopic (exact) mass is 358 g/mol. The maximum atomic E-state index is 13.1. The molecule has 1 saturated heterocycles. The molecule has 5 rings (SSSR count). The van der Waals surface area contributed by atoms with Crippen LogP contribution in [-0.4, -0.2) is 38.4 Å². The molecule has 136 valence electrons. The molecule has 0 radical (unpaired) electrons. The predicted octanol–water partition coefficient (Wildman–Crippen LogP) is 4.07. The fraction of sp³-hybridized carbons (Fsp3) is 0.273. The number of aryl methyl sites for hydroxylation is 1. The SMILES string of the molecule is Cn1c(C2CCCN(C(=O)c3cc4ccccc4[nH]3)C2)nc2ccccc21. The van der Waals surface area contributed by atoms with Gasteiger partial charge in [0.15, 0.2) is 0 Å². The molecule has 4 aromatic rings. The van der Waals surface area contributed by atoms with Crippen molar-refractivity contribution in [2.45, 2.75) is 18.8 Å². The first-order valence-corrected chi connectivity index (χ1v) is 9.49. The largest absolute Gasteiger partial charge is 0.351 e. The molecule has 1 fully saturated rings. The molecule has 5 nitrogen and oxygen atoms in total. The number of nitrogens with zero attached hydrogens (tertiary/aromatic N) is 3. The van der Waals surface area contributed by atoms with Crippen LogP contribution in [0.3, 0.4) is 0 Å². The van der Waals surface area contributed by atoms with Gasteiger partial charge in [0.25, 0.3) is 5.91 Å². The molecule has 1 atom stereocenters. The van der Waals surface area contributed by atoms with Gasteiger partial charge in [-0.25, -0.2) is 4.98 Å². The molecule has 0 saturated carbocycles. The normalized spacial score (nSPS) is 17.7. The Morgan fingerprint density at radius 2 is 1.96 bits per heavy atom. The lowest BCUT2D eigenvalue weighted by Gasteiger charge is -2.32. The molecule has 5 heteroatoms. The molecular weight excluding hydrogens is 336 g/mol. The van der Waals surface area contributed by atoms with Gasteiger partial charge in [-0.3, -0.25) is 4.79 Å². The number of piperidine rings is 1. The lowest BCUT2D eigenvalue weighted by atomic mass is 9.97. The third-order valence-electron chi connectivity index (χ3n) is 5.66. The van der Waals surface area contributed by atoms with Crippen molar-refractivity contribution >= 4 is 27.8 Å². The molecule has 27 heavy (non-hydrogen) atoms. The van der Waals surface area contributed by atoms with Crippen LogP contribution in [0.15, 0.2) is 54.6 Å². The smallest absolute Gasteiger partial charge is 0.270 e. The van der Waals surface area contributed by atoms with Crippen LogP contribution in [0.2, 0.25) is 0 Å². The van der Waals surface area contributed by atoms with Crippen molar-refractivity contribution < 1.29 is 4.79 Å². The number of hydrogen-bond donors (Lipinski definition) is 1. The van der Waals surface area contributed by atoms with Crippen LogP contribution in [0.5, 0.6) is 0 Å². The van der Waals surface area contributed by atoms with Crippen LogP contribution >= 0.6 is 0 Å². The number of amides is 1. The number of likely N-dealkylation sites (tertiary alicyclic amines) is 1. The van der Waals surface area contributed by atoms with E-state index in [0.29, 0.717) is 12.2 Å². The summed E-state index contributed by atoms with van der Waals surface area (Å²) in [5, 5.41) is 1.07. The minimum Gasteiger partial charge on any atom is -0.351 e. The number of aromatic amines is 1. The van der Waals surface area contributed by atoms with E-state index in [2.05, 4.69) is 28.7 Å². The van der Waals surface area contributed by atoms with Crippen molar-refractivity contribution in [2.75, 3.05) is 13.1 Å². The van der Waals surface area contributed by atoms with Crippen molar-refractivity contribution in [1.82, 2.24) is 19.4 Å². The zero-order valence-electron chi connectivity index (χ0n) is 15.4. The average molecular weight is 358 g/mol. The molecule has 1 N–H and O–H groups in total. The van der Waals surface area contributed by atoms with E-state index < -0.39 is 0 Å². The van der Waals surface area contributed by atoms with Gasteiger partial charge in [0.05, 0.1) is 11.0 Å². The summed E-state index contributed by atoms with van der Waals surface area (Å²) in [6.45, 7) is 1.51. The van der Waals surface area contributed by atoms with Gasteiger partial charge in [0, 0.05) is 37.0 Å². The van der Waals surface area contributed by atoms with E-state index in [1.807, 2.05) is 47.4 Å². The number of nitrogens with one attached hydrogen (secondary N) is 1.